The van der Waals surface area contributed by atoms with Gasteiger partial charge in [-0.25, -0.2) is 14.8 Å². The Morgan fingerprint density at radius 3 is 2.74 bits per heavy atom. The summed E-state index contributed by atoms with van der Waals surface area (Å²) < 4.78 is 45.4. The van der Waals surface area contributed by atoms with Crippen LogP contribution in [0.3, 0.4) is 0 Å². The fraction of sp³-hybridized carbons (Fsp3) is 0.154. The van der Waals surface area contributed by atoms with Crippen LogP contribution in [-0.2, 0) is 10.9 Å². The molecule has 0 aromatic carbocycles. The van der Waals surface area contributed by atoms with E-state index in [9.17, 15) is 18.0 Å². The van der Waals surface area contributed by atoms with Gasteiger partial charge in [0.2, 0.25) is 0 Å². The molecule has 3 rings (SSSR count). The van der Waals surface area contributed by atoms with Gasteiger partial charge in [0.1, 0.15) is 11.0 Å². The highest BCUT2D eigenvalue weighted by atomic mass is 35.5. The lowest BCUT2D eigenvalue weighted by molar-refractivity contribution is -0.136. The summed E-state index contributed by atoms with van der Waals surface area (Å²) in [6.45, 7) is 0. The Bertz CT molecular complexity index is 887. The number of nitrogens with one attached hydrogen (secondary N) is 1. The number of carbonyl (C=O) groups excluding carboxylic acids is 1. The molecule has 120 valence electrons. The zero-order valence-corrected chi connectivity index (χ0v) is 12.2. The number of hydrogen-bond acceptors (Lipinski definition) is 4. The van der Waals surface area contributed by atoms with Crippen LogP contribution in [0, 0.1) is 0 Å². The molecule has 3 aromatic rings. The number of ether oxygens (including phenoxy) is 1. The van der Waals surface area contributed by atoms with Crippen LogP contribution in [0.15, 0.2) is 24.7 Å². The summed E-state index contributed by atoms with van der Waals surface area (Å²) in [6.07, 6.45) is -0.499. The molecule has 6 nitrogen and oxygen atoms in total. The fourth-order valence-corrected chi connectivity index (χ4v) is 2.35. The lowest BCUT2D eigenvalue weighted by Gasteiger charge is -2.10. The topological polar surface area (TPSA) is 72.3 Å². The number of pyridine rings is 1. The SMILES string of the molecule is COC(=O)c1nc2c(C(F)(F)F)cc(-c3ncc[nH]3)cn2c1Cl. The first-order valence-electron chi connectivity index (χ1n) is 6.19. The quantitative estimate of drug-likeness (QED) is 0.725. The van der Waals surface area contributed by atoms with E-state index in [1.165, 1.54) is 18.6 Å². The second-order valence-electron chi connectivity index (χ2n) is 4.51. The average Bonchev–Trinajstić information content (AvgIpc) is 3.13. The zero-order valence-electron chi connectivity index (χ0n) is 11.5. The molecule has 23 heavy (non-hydrogen) atoms. The fourth-order valence-electron chi connectivity index (χ4n) is 2.10. The monoisotopic (exact) mass is 344 g/mol. The number of carbonyl (C=O) groups is 1. The maximum absolute atomic E-state index is 13.3. The molecule has 3 aromatic heterocycles. The van der Waals surface area contributed by atoms with E-state index < -0.39 is 29.1 Å². The summed E-state index contributed by atoms with van der Waals surface area (Å²) in [4.78, 5) is 21.9. The number of halogens is 4. The van der Waals surface area contributed by atoms with Crippen molar-refractivity contribution in [3.8, 4) is 11.4 Å². The molecular formula is C13H8ClF3N4O2. The Hall–Kier alpha value is -2.55. The van der Waals surface area contributed by atoms with Crippen LogP contribution in [-0.4, -0.2) is 32.4 Å². The lowest BCUT2D eigenvalue weighted by atomic mass is 10.2. The number of methoxy groups -OCH3 is 1. The molecule has 10 heteroatoms. The maximum atomic E-state index is 13.3. The molecule has 0 radical (unpaired) electrons. The van der Waals surface area contributed by atoms with Crippen LogP contribution < -0.4 is 0 Å². The number of hydrogen-bond donors (Lipinski definition) is 1. The van der Waals surface area contributed by atoms with E-state index in [1.54, 1.807) is 0 Å². The number of imidazole rings is 2. The highest BCUT2D eigenvalue weighted by Crippen LogP contribution is 2.36. The Morgan fingerprint density at radius 1 is 1.43 bits per heavy atom. The summed E-state index contributed by atoms with van der Waals surface area (Å²) in [5, 5.41) is -0.272. The summed E-state index contributed by atoms with van der Waals surface area (Å²) in [6, 6.07) is 0.887. The van der Waals surface area contributed by atoms with Gasteiger partial charge in [0.15, 0.2) is 11.3 Å². The van der Waals surface area contributed by atoms with Crippen molar-refractivity contribution in [2.45, 2.75) is 6.18 Å². The molecule has 0 atom stereocenters. The first-order chi connectivity index (χ1) is 10.8. The minimum Gasteiger partial charge on any atom is -0.464 e. The predicted molar refractivity (Wildman–Crippen MR) is 74.1 cm³/mol. The standard InChI is InChI=1S/C13H8ClF3N4O2/c1-23-12(22)8-9(14)21-5-6(10-18-2-3-19-10)4-7(11(21)20-8)13(15,16)17/h2-5H,1H3,(H,18,19). The van der Waals surface area contributed by atoms with E-state index in [0.29, 0.717) is 0 Å². The van der Waals surface area contributed by atoms with Crippen molar-refractivity contribution < 1.29 is 22.7 Å². The predicted octanol–water partition coefficient (Wildman–Crippen LogP) is 3.18. The second-order valence-corrected chi connectivity index (χ2v) is 4.87. The molecule has 0 unspecified atom stereocenters. The van der Waals surface area contributed by atoms with Gasteiger partial charge in [0.05, 0.1) is 12.7 Å². The van der Waals surface area contributed by atoms with Crippen LogP contribution in [0.4, 0.5) is 13.2 Å². The van der Waals surface area contributed by atoms with Crippen LogP contribution in [0.25, 0.3) is 17.0 Å². The van der Waals surface area contributed by atoms with Gasteiger partial charge in [-0.2, -0.15) is 13.2 Å². The summed E-state index contributed by atoms with van der Waals surface area (Å²) in [7, 11) is 1.08. The number of fused-ring (bicyclic) bond motifs is 1. The molecular weight excluding hydrogens is 337 g/mol. The molecule has 0 bridgehead atoms. The largest absolute Gasteiger partial charge is 0.464 e. The maximum Gasteiger partial charge on any atom is 0.420 e. The third-order valence-electron chi connectivity index (χ3n) is 3.12. The van der Waals surface area contributed by atoms with Crippen molar-refractivity contribution in [3.63, 3.8) is 0 Å². The Kier molecular flexibility index (Phi) is 3.52. The van der Waals surface area contributed by atoms with Gasteiger partial charge in [0.25, 0.3) is 0 Å². The van der Waals surface area contributed by atoms with Gasteiger partial charge in [-0.3, -0.25) is 4.40 Å². The van der Waals surface area contributed by atoms with Gasteiger partial charge < -0.3 is 9.72 Å². The number of aromatic amines is 1. The van der Waals surface area contributed by atoms with E-state index >= 15 is 0 Å². The van der Waals surface area contributed by atoms with Gasteiger partial charge in [-0.1, -0.05) is 11.6 Å². The normalized spacial score (nSPS) is 11.9. The van der Waals surface area contributed by atoms with Crippen molar-refractivity contribution in [2.75, 3.05) is 7.11 Å². The van der Waals surface area contributed by atoms with E-state index in [4.69, 9.17) is 11.6 Å². The first kappa shape index (κ1) is 15.3. The molecule has 0 aliphatic heterocycles. The second kappa shape index (κ2) is 5.27. The Morgan fingerprint density at radius 2 is 2.17 bits per heavy atom. The average molecular weight is 345 g/mol. The van der Waals surface area contributed by atoms with Gasteiger partial charge in [-0.15, -0.1) is 0 Å². The first-order valence-corrected chi connectivity index (χ1v) is 6.57. The molecule has 3 heterocycles. The molecule has 0 saturated carbocycles. The molecule has 1 N–H and O–H groups in total. The molecule has 0 saturated heterocycles. The third-order valence-corrected chi connectivity index (χ3v) is 3.48. The number of H-pyrrole nitrogens is 1. The number of esters is 1. The van der Waals surface area contributed by atoms with Crippen LogP contribution >= 0.6 is 11.6 Å². The van der Waals surface area contributed by atoms with E-state index in [-0.39, 0.29) is 16.5 Å². The molecule has 0 amide bonds. The van der Waals surface area contributed by atoms with Crippen molar-refractivity contribution in [1.29, 1.82) is 0 Å². The number of aromatic nitrogens is 4. The number of nitrogens with zero attached hydrogens (tertiary/aromatic N) is 3. The van der Waals surface area contributed by atoms with Gasteiger partial charge in [0, 0.05) is 24.2 Å². The van der Waals surface area contributed by atoms with Crippen LogP contribution in [0.2, 0.25) is 5.15 Å². The summed E-state index contributed by atoms with van der Waals surface area (Å²) >= 11 is 5.99. The number of alkyl halides is 3. The zero-order chi connectivity index (χ0) is 16.8. The third kappa shape index (κ3) is 2.52. The van der Waals surface area contributed by atoms with E-state index in [2.05, 4.69) is 19.7 Å². The Balaban J connectivity index is 2.35. The van der Waals surface area contributed by atoms with Gasteiger partial charge in [-0.05, 0) is 6.07 Å². The smallest absolute Gasteiger partial charge is 0.420 e. The van der Waals surface area contributed by atoms with Crippen LogP contribution in [0.1, 0.15) is 16.1 Å². The van der Waals surface area contributed by atoms with Crippen molar-refractivity contribution in [2.24, 2.45) is 0 Å². The number of rotatable bonds is 2. The van der Waals surface area contributed by atoms with Gasteiger partial charge >= 0.3 is 12.1 Å². The minimum absolute atomic E-state index is 0.144. The molecule has 0 aliphatic rings. The lowest BCUT2D eigenvalue weighted by Crippen LogP contribution is -2.08. The molecule has 0 fully saturated rings. The highest BCUT2D eigenvalue weighted by Gasteiger charge is 2.36. The van der Waals surface area contributed by atoms with Crippen molar-refractivity contribution >= 4 is 23.2 Å². The van der Waals surface area contributed by atoms with Crippen molar-refractivity contribution in [3.05, 3.63) is 41.1 Å². The van der Waals surface area contributed by atoms with E-state index in [0.717, 1.165) is 17.6 Å². The Labute approximate surface area is 131 Å². The van der Waals surface area contributed by atoms with Crippen LogP contribution in [0.5, 0.6) is 0 Å². The highest BCUT2D eigenvalue weighted by molar-refractivity contribution is 6.32. The summed E-state index contributed by atoms with van der Waals surface area (Å²) in [5.41, 5.74) is -1.77. The summed E-state index contributed by atoms with van der Waals surface area (Å²) in [5.74, 6) is -0.701. The minimum atomic E-state index is -4.69. The van der Waals surface area contributed by atoms with Crippen molar-refractivity contribution in [1.82, 2.24) is 19.4 Å². The molecule has 0 spiro atoms. The molecule has 0 aliphatic carbocycles. The van der Waals surface area contributed by atoms with E-state index in [1.807, 2.05) is 0 Å².